The summed E-state index contributed by atoms with van der Waals surface area (Å²) in [7, 11) is 2.98. The van der Waals surface area contributed by atoms with Crippen molar-refractivity contribution in [2.45, 2.75) is 25.7 Å². The molecule has 0 atom stereocenters. The molecule has 9 nitrogen and oxygen atoms in total. The Bertz CT molecular complexity index is 1540. The molecule has 0 spiro atoms. The number of aryl methyl sites for hydroxylation is 1. The number of hydrogen-bond acceptors (Lipinski definition) is 7. The molecule has 1 aliphatic rings. The summed E-state index contributed by atoms with van der Waals surface area (Å²) in [5.41, 5.74) is 1.32. The summed E-state index contributed by atoms with van der Waals surface area (Å²) in [6.45, 7) is 0.733. The molecule has 5 rings (SSSR count). The number of halogens is 3. The minimum absolute atomic E-state index is 0.0802. The number of hydrogen-bond donors (Lipinski definition) is 1. The average Bonchev–Trinajstić information content (AvgIpc) is 3.46. The van der Waals surface area contributed by atoms with Gasteiger partial charge in [0.15, 0.2) is 5.69 Å². The lowest BCUT2D eigenvalue weighted by Gasteiger charge is -2.30. The Labute approximate surface area is 213 Å². The Morgan fingerprint density at radius 1 is 1.16 bits per heavy atom. The van der Waals surface area contributed by atoms with Gasteiger partial charge in [0.05, 0.1) is 25.9 Å². The van der Waals surface area contributed by atoms with Crippen molar-refractivity contribution in [1.82, 2.24) is 28.6 Å². The Morgan fingerprint density at radius 3 is 2.65 bits per heavy atom. The molecule has 0 fully saturated rings. The number of aromatic nitrogens is 5. The highest BCUT2D eigenvalue weighted by Crippen LogP contribution is 2.40. The number of carbonyl (C=O) groups is 1. The Morgan fingerprint density at radius 2 is 1.95 bits per heavy atom. The second-order valence-corrected chi connectivity index (χ2v) is 9.42. The van der Waals surface area contributed by atoms with Gasteiger partial charge in [0.1, 0.15) is 12.1 Å². The molecule has 0 saturated carbocycles. The Kier molecular flexibility index (Phi) is 6.31. The molecular formula is C24H22F3N7O2S. The van der Waals surface area contributed by atoms with Crippen molar-refractivity contribution in [3.05, 3.63) is 75.9 Å². The number of alkyl halides is 3. The van der Waals surface area contributed by atoms with Crippen molar-refractivity contribution in [3.8, 4) is 16.9 Å². The maximum Gasteiger partial charge on any atom is 0.435 e. The van der Waals surface area contributed by atoms with Crippen LogP contribution in [0.3, 0.4) is 0 Å². The molecular weight excluding hydrogens is 507 g/mol. The van der Waals surface area contributed by atoms with E-state index >= 15 is 0 Å². The minimum Gasteiger partial charge on any atom is -0.497 e. The van der Waals surface area contributed by atoms with Gasteiger partial charge >= 0.3 is 6.18 Å². The van der Waals surface area contributed by atoms with E-state index in [9.17, 15) is 18.0 Å². The van der Waals surface area contributed by atoms with Crippen LogP contribution in [0.4, 0.5) is 13.2 Å². The number of pyridine rings is 1. The van der Waals surface area contributed by atoms with E-state index in [0.717, 1.165) is 16.2 Å². The smallest absolute Gasteiger partial charge is 0.435 e. The van der Waals surface area contributed by atoms with Crippen molar-refractivity contribution < 1.29 is 22.7 Å². The molecule has 1 aromatic carbocycles. The van der Waals surface area contributed by atoms with Crippen LogP contribution in [0.25, 0.3) is 11.1 Å². The highest BCUT2D eigenvalue weighted by Gasteiger charge is 2.39. The third kappa shape index (κ3) is 4.86. The number of amides is 1. The van der Waals surface area contributed by atoms with E-state index in [-0.39, 0.29) is 29.4 Å². The zero-order valence-electron chi connectivity index (χ0n) is 19.9. The predicted molar refractivity (Wildman–Crippen MR) is 128 cm³/mol. The third-order valence-corrected chi connectivity index (χ3v) is 6.77. The van der Waals surface area contributed by atoms with Crippen molar-refractivity contribution in [2.24, 2.45) is 7.05 Å². The van der Waals surface area contributed by atoms with Crippen molar-refractivity contribution in [3.63, 3.8) is 0 Å². The molecule has 1 aliphatic heterocycles. The van der Waals surface area contributed by atoms with Gasteiger partial charge < -0.3 is 14.2 Å². The molecule has 0 radical (unpaired) electrons. The predicted octanol–water partition coefficient (Wildman–Crippen LogP) is 3.49. The fourth-order valence-electron chi connectivity index (χ4n) is 4.50. The van der Waals surface area contributed by atoms with Gasteiger partial charge in [-0.15, -0.1) is 0 Å². The Hall–Kier alpha value is -4.00. The number of rotatable bonds is 6. The standard InChI is InChI=1S/C24H22F3N7O2S/c1-32-12-20(21(31-32)24(25,26)27)18-7-14(10-34-13-30-37-23(34)28)8-19-17(18)4-6-33(22(19)35)11-15-9-16(36-2)3-5-29-15/h3,5,7-9,12-13,28H,4,6,10-11H2,1-2H3. The third-order valence-electron chi connectivity index (χ3n) is 6.16. The quantitative estimate of drug-likeness (QED) is 0.412. The summed E-state index contributed by atoms with van der Waals surface area (Å²) in [4.78, 5) is 19.8. The van der Waals surface area contributed by atoms with Crippen LogP contribution in [0.1, 0.15) is 32.9 Å². The van der Waals surface area contributed by atoms with Gasteiger partial charge in [-0.25, -0.2) is 0 Å². The van der Waals surface area contributed by atoms with E-state index < -0.39 is 11.9 Å². The van der Waals surface area contributed by atoms with Gasteiger partial charge in [-0.1, -0.05) is 0 Å². The molecule has 1 amide bonds. The number of ether oxygens (including phenoxy) is 1. The van der Waals surface area contributed by atoms with Crippen molar-refractivity contribution >= 4 is 17.4 Å². The van der Waals surface area contributed by atoms with E-state index in [1.54, 1.807) is 47.0 Å². The van der Waals surface area contributed by atoms with Gasteiger partial charge in [0, 0.05) is 54.7 Å². The molecule has 37 heavy (non-hydrogen) atoms. The molecule has 0 aliphatic carbocycles. The molecule has 1 N–H and O–H groups in total. The topological polar surface area (TPSA) is 102 Å². The van der Waals surface area contributed by atoms with Gasteiger partial charge in [0.25, 0.3) is 5.91 Å². The lowest BCUT2D eigenvalue weighted by atomic mass is 9.88. The normalized spacial score (nSPS) is 13.6. The van der Waals surface area contributed by atoms with Crippen LogP contribution >= 0.6 is 11.5 Å². The van der Waals surface area contributed by atoms with E-state index in [0.29, 0.717) is 46.7 Å². The van der Waals surface area contributed by atoms with E-state index in [4.69, 9.17) is 10.1 Å². The Balaban J connectivity index is 1.60. The lowest BCUT2D eigenvalue weighted by molar-refractivity contribution is -0.140. The van der Waals surface area contributed by atoms with E-state index in [2.05, 4.69) is 14.5 Å². The molecule has 13 heteroatoms. The maximum absolute atomic E-state index is 13.9. The summed E-state index contributed by atoms with van der Waals surface area (Å²) in [5.74, 6) is 0.314. The van der Waals surface area contributed by atoms with Crippen LogP contribution in [-0.4, -0.2) is 48.2 Å². The molecule has 4 heterocycles. The summed E-state index contributed by atoms with van der Waals surface area (Å²) < 4.78 is 53.6. The van der Waals surface area contributed by atoms with E-state index in [1.165, 1.54) is 19.6 Å². The zero-order valence-corrected chi connectivity index (χ0v) is 20.7. The SMILES string of the molecule is COc1ccnc(CN2CCc3c(cc(Cn4cnsc4=N)cc3-c3cn(C)nc3C(F)(F)F)C2=O)c1. The van der Waals surface area contributed by atoms with Crippen LogP contribution < -0.4 is 9.54 Å². The summed E-state index contributed by atoms with van der Waals surface area (Å²) in [5, 5.41) is 11.7. The molecule has 3 aromatic heterocycles. The fourth-order valence-corrected chi connectivity index (χ4v) is 4.97. The summed E-state index contributed by atoms with van der Waals surface area (Å²) >= 11 is 0.992. The van der Waals surface area contributed by atoms with Crippen LogP contribution in [0, 0.1) is 5.41 Å². The average molecular weight is 530 g/mol. The largest absolute Gasteiger partial charge is 0.497 e. The molecule has 192 valence electrons. The highest BCUT2D eigenvalue weighted by molar-refractivity contribution is 7.02. The van der Waals surface area contributed by atoms with Gasteiger partial charge in [-0.3, -0.25) is 19.9 Å². The molecule has 0 saturated heterocycles. The number of nitrogens with zero attached hydrogens (tertiary/aromatic N) is 6. The van der Waals surface area contributed by atoms with Gasteiger partial charge in [-0.05, 0) is 41.3 Å². The number of benzene rings is 1. The first-order valence-corrected chi connectivity index (χ1v) is 12.0. The van der Waals surface area contributed by atoms with Crippen LogP contribution in [0.5, 0.6) is 5.75 Å². The number of nitrogens with one attached hydrogen (secondary N) is 1. The van der Waals surface area contributed by atoms with Crippen LogP contribution in [0.15, 0.2) is 43.0 Å². The minimum atomic E-state index is -4.66. The second kappa shape index (κ2) is 9.47. The zero-order chi connectivity index (χ0) is 26.3. The molecule has 0 bridgehead atoms. The van der Waals surface area contributed by atoms with Crippen molar-refractivity contribution in [1.29, 1.82) is 5.41 Å². The number of carbonyl (C=O) groups excluding carboxylic acids is 1. The number of fused-ring (bicyclic) bond motifs is 1. The first-order chi connectivity index (χ1) is 17.6. The van der Waals surface area contributed by atoms with E-state index in [1.807, 2.05) is 0 Å². The van der Waals surface area contributed by atoms with Crippen molar-refractivity contribution in [2.75, 3.05) is 13.7 Å². The van der Waals surface area contributed by atoms with Crippen LogP contribution in [-0.2, 0) is 32.7 Å². The summed E-state index contributed by atoms with van der Waals surface area (Å²) in [6.07, 6.45) is 0.110. The first-order valence-electron chi connectivity index (χ1n) is 11.2. The second-order valence-electron chi connectivity index (χ2n) is 8.64. The van der Waals surface area contributed by atoms with Crippen LogP contribution in [0.2, 0.25) is 0 Å². The van der Waals surface area contributed by atoms with Gasteiger partial charge in [0.2, 0.25) is 4.80 Å². The fraction of sp³-hybridized carbons (Fsp3) is 0.292. The first kappa shape index (κ1) is 24.7. The lowest BCUT2D eigenvalue weighted by Crippen LogP contribution is -2.37. The molecule has 4 aromatic rings. The molecule has 0 unspecified atom stereocenters. The summed E-state index contributed by atoms with van der Waals surface area (Å²) in [6, 6.07) is 6.80. The maximum atomic E-state index is 13.9. The highest BCUT2D eigenvalue weighted by atomic mass is 32.1. The number of methoxy groups -OCH3 is 1. The monoisotopic (exact) mass is 529 g/mol. The van der Waals surface area contributed by atoms with Gasteiger partial charge in [-0.2, -0.15) is 22.6 Å².